The van der Waals surface area contributed by atoms with Gasteiger partial charge in [0, 0.05) is 4.90 Å². The molecule has 5 nitrogen and oxygen atoms in total. The lowest BCUT2D eigenvalue weighted by molar-refractivity contribution is -0.271. The van der Waals surface area contributed by atoms with E-state index >= 15 is 0 Å². The highest BCUT2D eigenvalue weighted by Gasteiger charge is 2.23. The van der Waals surface area contributed by atoms with Crippen LogP contribution in [0.25, 0.3) is 0 Å². The van der Waals surface area contributed by atoms with Crippen molar-refractivity contribution in [2.75, 3.05) is 0 Å². The van der Waals surface area contributed by atoms with Crippen LogP contribution in [0.2, 0.25) is 0 Å². The van der Waals surface area contributed by atoms with Gasteiger partial charge in [-0.2, -0.15) is 0 Å². The molecule has 1 N–H and O–H groups in total. The first-order valence-electron chi connectivity index (χ1n) is 7.35. The van der Waals surface area contributed by atoms with Gasteiger partial charge in [-0.05, 0) is 41.0 Å². The van der Waals surface area contributed by atoms with Crippen molar-refractivity contribution in [1.82, 2.24) is 0 Å². The third kappa shape index (κ3) is 4.64. The SMILES string of the molecule is CC(=N/[O-])/C(=N/O)Sc1cc(C(C)(C)C)c([O-])c(C(C)(C)C)c1. The monoisotopic (exact) mass is 336 g/mol. The van der Waals surface area contributed by atoms with Crippen molar-refractivity contribution in [2.24, 2.45) is 10.3 Å². The Bertz CT molecular complexity index is 603. The van der Waals surface area contributed by atoms with Crippen LogP contribution in [-0.2, 0) is 10.8 Å². The molecule has 0 saturated carbocycles. The zero-order valence-corrected chi connectivity index (χ0v) is 15.5. The lowest BCUT2D eigenvalue weighted by Gasteiger charge is -2.34. The number of rotatable bonds is 2. The second kappa shape index (κ2) is 6.83. The van der Waals surface area contributed by atoms with Crippen molar-refractivity contribution in [1.29, 1.82) is 0 Å². The van der Waals surface area contributed by atoms with E-state index < -0.39 is 0 Å². The number of nitrogens with zero attached hydrogens (tertiary/aromatic N) is 2. The summed E-state index contributed by atoms with van der Waals surface area (Å²) < 4.78 is 0. The quantitative estimate of drug-likeness (QED) is 0.288. The first-order valence-corrected chi connectivity index (χ1v) is 8.16. The smallest absolute Gasteiger partial charge is 0.160 e. The fraction of sp³-hybridized carbons (Fsp3) is 0.529. The van der Waals surface area contributed by atoms with Gasteiger partial charge in [0.15, 0.2) is 5.04 Å². The largest absolute Gasteiger partial charge is 0.872 e. The summed E-state index contributed by atoms with van der Waals surface area (Å²) in [5.41, 5.74) is 0.860. The Morgan fingerprint density at radius 3 is 1.78 bits per heavy atom. The molecule has 1 rings (SSSR count). The first-order chi connectivity index (χ1) is 10.4. The first kappa shape index (κ1) is 19.4. The van der Waals surface area contributed by atoms with E-state index in [1.807, 2.05) is 41.5 Å². The summed E-state index contributed by atoms with van der Waals surface area (Å²) in [4.78, 5) is 0.746. The van der Waals surface area contributed by atoms with E-state index in [4.69, 9.17) is 5.21 Å². The Kier molecular flexibility index (Phi) is 5.74. The molecule has 128 valence electrons. The van der Waals surface area contributed by atoms with Gasteiger partial charge in [-0.1, -0.05) is 58.5 Å². The average Bonchev–Trinajstić information content (AvgIpc) is 2.42. The van der Waals surface area contributed by atoms with Crippen molar-refractivity contribution >= 4 is 22.5 Å². The summed E-state index contributed by atoms with van der Waals surface area (Å²) in [6.45, 7) is 13.4. The van der Waals surface area contributed by atoms with E-state index in [0.717, 1.165) is 16.7 Å². The molecule has 1 aromatic carbocycles. The molecule has 0 aliphatic heterocycles. The lowest BCUT2D eigenvalue weighted by Crippen LogP contribution is -2.21. The Labute approximate surface area is 142 Å². The number of thioether (sulfide) groups is 1. The molecular formula is C17H24N2O3S-2. The van der Waals surface area contributed by atoms with E-state index in [2.05, 4.69) is 10.3 Å². The summed E-state index contributed by atoms with van der Waals surface area (Å²) >= 11 is 1.12. The van der Waals surface area contributed by atoms with Crippen LogP contribution >= 0.6 is 11.8 Å². The molecule has 0 atom stereocenters. The van der Waals surface area contributed by atoms with Gasteiger partial charge in [0.05, 0.1) is 5.71 Å². The van der Waals surface area contributed by atoms with Crippen LogP contribution < -0.4 is 5.11 Å². The molecule has 0 spiro atoms. The fourth-order valence-corrected chi connectivity index (χ4v) is 2.90. The minimum atomic E-state index is -0.314. The van der Waals surface area contributed by atoms with Gasteiger partial charge in [-0.15, -0.1) is 5.75 Å². The van der Waals surface area contributed by atoms with Crippen LogP contribution in [0.5, 0.6) is 5.75 Å². The van der Waals surface area contributed by atoms with Crippen LogP contribution in [0.1, 0.15) is 59.6 Å². The Hall–Kier alpha value is -1.69. The van der Waals surface area contributed by atoms with E-state index in [9.17, 15) is 10.3 Å². The van der Waals surface area contributed by atoms with Gasteiger partial charge in [-0.25, -0.2) is 0 Å². The summed E-state index contributed by atoms with van der Waals surface area (Å²) in [5.74, 6) is 0.0334. The van der Waals surface area contributed by atoms with Crippen LogP contribution in [0.4, 0.5) is 0 Å². The zero-order valence-electron chi connectivity index (χ0n) is 14.7. The number of oxime groups is 1. The molecule has 0 saturated heterocycles. The van der Waals surface area contributed by atoms with Crippen LogP contribution in [0.15, 0.2) is 27.3 Å². The van der Waals surface area contributed by atoms with Gasteiger partial charge in [0.1, 0.15) is 0 Å². The molecule has 0 heterocycles. The maximum Gasteiger partial charge on any atom is 0.160 e. The summed E-state index contributed by atoms with van der Waals surface area (Å²) in [6, 6.07) is 3.59. The van der Waals surface area contributed by atoms with Crippen LogP contribution in [-0.4, -0.2) is 16.0 Å². The van der Waals surface area contributed by atoms with Crippen molar-refractivity contribution in [3.63, 3.8) is 0 Å². The molecule has 1 aromatic rings. The molecule has 0 aliphatic rings. The summed E-state index contributed by atoms with van der Waals surface area (Å²) in [6.07, 6.45) is 0. The van der Waals surface area contributed by atoms with Gasteiger partial charge in [0.25, 0.3) is 0 Å². The maximum absolute atomic E-state index is 12.8. The predicted octanol–water partition coefficient (Wildman–Crippen LogP) is 4.19. The van der Waals surface area contributed by atoms with E-state index in [1.165, 1.54) is 6.92 Å². The standard InChI is InChI=1S/C17H26N2O3S/c1-10(18-21)15(19-22)23-11-8-12(16(2,3)4)14(20)13(9-11)17(5,6)7/h8-9,20-22H,1-7H3/p-2/b18-10-,19-15-. The van der Waals surface area contributed by atoms with Crippen molar-refractivity contribution in [3.05, 3.63) is 28.5 Å². The van der Waals surface area contributed by atoms with Crippen LogP contribution in [0, 0.1) is 5.21 Å². The number of hydrogen-bond acceptors (Lipinski definition) is 6. The Morgan fingerprint density at radius 1 is 1.04 bits per heavy atom. The topological polar surface area (TPSA) is 91.1 Å². The fourth-order valence-electron chi connectivity index (χ4n) is 2.09. The third-order valence-electron chi connectivity index (χ3n) is 3.43. The zero-order chi connectivity index (χ0) is 18.0. The third-order valence-corrected chi connectivity index (χ3v) is 4.47. The van der Waals surface area contributed by atoms with Gasteiger partial charge in [-0.3, -0.25) is 0 Å². The second-order valence-corrected chi connectivity index (χ2v) is 8.59. The van der Waals surface area contributed by atoms with Gasteiger partial charge in [0.2, 0.25) is 0 Å². The predicted molar refractivity (Wildman–Crippen MR) is 94.8 cm³/mol. The molecule has 0 amide bonds. The molecule has 23 heavy (non-hydrogen) atoms. The lowest BCUT2D eigenvalue weighted by atomic mass is 9.79. The van der Waals surface area contributed by atoms with E-state index in [0.29, 0.717) is 11.1 Å². The normalized spacial score (nSPS) is 14.2. The summed E-state index contributed by atoms with van der Waals surface area (Å²) in [7, 11) is 0. The highest BCUT2D eigenvalue weighted by atomic mass is 32.2. The summed E-state index contributed by atoms with van der Waals surface area (Å²) in [5, 5.41) is 38.6. The van der Waals surface area contributed by atoms with E-state index in [-0.39, 0.29) is 27.3 Å². The minimum absolute atomic E-state index is 0.0334. The van der Waals surface area contributed by atoms with Crippen molar-refractivity contribution in [3.8, 4) is 5.75 Å². The average molecular weight is 336 g/mol. The highest BCUT2D eigenvalue weighted by Crippen LogP contribution is 2.40. The molecule has 0 fully saturated rings. The second-order valence-electron chi connectivity index (χ2n) is 7.53. The Morgan fingerprint density at radius 2 is 1.48 bits per heavy atom. The molecule has 0 unspecified atom stereocenters. The molecule has 0 bridgehead atoms. The molecule has 0 aromatic heterocycles. The molecule has 0 aliphatic carbocycles. The maximum atomic E-state index is 12.8. The number of benzene rings is 1. The van der Waals surface area contributed by atoms with Crippen molar-refractivity contribution in [2.45, 2.75) is 64.2 Å². The van der Waals surface area contributed by atoms with Gasteiger partial charge < -0.3 is 20.7 Å². The molecule has 6 heteroatoms. The molecule has 0 radical (unpaired) electrons. The van der Waals surface area contributed by atoms with Crippen molar-refractivity contribution < 1.29 is 10.3 Å². The van der Waals surface area contributed by atoms with Crippen LogP contribution in [0.3, 0.4) is 0 Å². The minimum Gasteiger partial charge on any atom is -0.872 e. The Balaban J connectivity index is 3.51. The van der Waals surface area contributed by atoms with E-state index in [1.54, 1.807) is 12.1 Å². The van der Waals surface area contributed by atoms with Gasteiger partial charge >= 0.3 is 0 Å². The number of hydrogen-bond donors (Lipinski definition) is 1. The highest BCUT2D eigenvalue weighted by molar-refractivity contribution is 8.15. The molecular weight excluding hydrogens is 312 g/mol.